The van der Waals surface area contributed by atoms with Gasteiger partial charge in [0.2, 0.25) is 0 Å². The van der Waals surface area contributed by atoms with E-state index in [1.54, 1.807) is 45.4 Å². The molecule has 0 spiro atoms. The number of ether oxygens (including phenoxy) is 4. The minimum atomic E-state index is -0.352. The van der Waals surface area contributed by atoms with Crippen molar-refractivity contribution in [2.24, 2.45) is 0 Å². The van der Waals surface area contributed by atoms with E-state index in [1.165, 1.54) is 0 Å². The van der Waals surface area contributed by atoms with Gasteiger partial charge in [-0.15, -0.1) is 0 Å². The molecule has 194 valence electrons. The number of thiocarbonyl (C=S) groups is 1. The lowest BCUT2D eigenvalue weighted by Crippen LogP contribution is -2.44. The lowest BCUT2D eigenvalue weighted by Gasteiger charge is -2.39. The fourth-order valence-electron chi connectivity index (χ4n) is 4.26. The number of halogens is 1. The Hall–Kier alpha value is -3.05. The molecular weight excluding hydrogens is 603 g/mol. The number of anilines is 1. The van der Waals surface area contributed by atoms with Crippen LogP contribution in [0.4, 0.5) is 5.69 Å². The summed E-state index contributed by atoms with van der Waals surface area (Å²) in [6.45, 7) is 3.17. The molecular formula is C28H29IN2O5S. The number of nitrogens with zero attached hydrogens (tertiary/aromatic N) is 1. The first kappa shape index (κ1) is 27.0. The number of benzene rings is 3. The molecule has 3 aromatic rings. The molecule has 0 aromatic heterocycles. The van der Waals surface area contributed by atoms with E-state index in [0.29, 0.717) is 47.7 Å². The van der Waals surface area contributed by atoms with Crippen molar-refractivity contribution in [3.63, 3.8) is 0 Å². The van der Waals surface area contributed by atoms with Crippen LogP contribution >= 0.6 is 34.8 Å². The van der Waals surface area contributed by atoms with Gasteiger partial charge in [0.25, 0.3) is 0 Å². The first-order valence-corrected chi connectivity index (χ1v) is 13.4. The first-order chi connectivity index (χ1) is 17.9. The molecule has 3 aromatic carbocycles. The Labute approximate surface area is 236 Å². The van der Waals surface area contributed by atoms with Crippen molar-refractivity contribution in [2.75, 3.05) is 39.3 Å². The van der Waals surface area contributed by atoms with Crippen molar-refractivity contribution in [3.8, 4) is 17.2 Å². The molecule has 0 unspecified atom stereocenters. The number of carbonyl (C=O) groups excluding carboxylic acids is 1. The molecule has 1 N–H and O–H groups in total. The van der Waals surface area contributed by atoms with Crippen LogP contribution in [-0.2, 0) is 11.2 Å². The van der Waals surface area contributed by atoms with Crippen molar-refractivity contribution in [3.05, 3.63) is 80.9 Å². The summed E-state index contributed by atoms with van der Waals surface area (Å²) in [5, 5.41) is 3.99. The van der Waals surface area contributed by atoms with Gasteiger partial charge in [0, 0.05) is 15.8 Å². The molecule has 0 saturated heterocycles. The Balaban J connectivity index is 1.59. The number of esters is 1. The highest BCUT2D eigenvalue weighted by atomic mass is 127. The van der Waals surface area contributed by atoms with Gasteiger partial charge in [-0.05, 0) is 120 Å². The van der Waals surface area contributed by atoms with E-state index in [1.807, 2.05) is 36.4 Å². The number of carbonyl (C=O) groups is 1. The molecule has 9 heteroatoms. The molecule has 1 aliphatic heterocycles. The van der Waals surface area contributed by atoms with Crippen LogP contribution in [-0.4, -0.2) is 50.0 Å². The Bertz CT molecular complexity index is 1250. The number of methoxy groups -OCH3 is 2. The fraction of sp³-hybridized carbons (Fsp3) is 0.286. The fourth-order valence-corrected chi connectivity index (χ4v) is 4.95. The average Bonchev–Trinajstić information content (AvgIpc) is 2.92. The summed E-state index contributed by atoms with van der Waals surface area (Å²) in [4.78, 5) is 14.1. The number of hydrogen-bond donors (Lipinski definition) is 1. The number of hydrogen-bond acceptors (Lipinski definition) is 6. The number of nitrogens with one attached hydrogen (secondary N) is 1. The number of fused-ring (bicyclic) bond motifs is 1. The standard InChI is InChI=1S/C28H29IN2O5S/c1-4-35-27(32)18-5-11-22(12-6-18)36-17-24-23-16-26(34-3)25(33-2)15-19(23)13-14-31(24)28(37)30-21-9-7-20(29)8-10-21/h5-12,15-16,24H,4,13-14,17H2,1-3H3,(H,30,37)/t24-/m0/s1. The van der Waals surface area contributed by atoms with Gasteiger partial charge >= 0.3 is 5.97 Å². The van der Waals surface area contributed by atoms with Crippen molar-refractivity contribution in [1.29, 1.82) is 0 Å². The third-order valence-corrected chi connectivity index (χ3v) is 7.19. The van der Waals surface area contributed by atoms with Crippen molar-refractivity contribution in [2.45, 2.75) is 19.4 Å². The third-order valence-electron chi connectivity index (χ3n) is 6.13. The van der Waals surface area contributed by atoms with Crippen LogP contribution in [0.2, 0.25) is 0 Å². The maximum atomic E-state index is 12.0. The first-order valence-electron chi connectivity index (χ1n) is 11.9. The van der Waals surface area contributed by atoms with Gasteiger partial charge in [-0.2, -0.15) is 0 Å². The highest BCUT2D eigenvalue weighted by molar-refractivity contribution is 14.1. The van der Waals surface area contributed by atoms with E-state index in [9.17, 15) is 4.79 Å². The van der Waals surface area contributed by atoms with Crippen LogP contribution in [0.15, 0.2) is 60.7 Å². The molecule has 1 heterocycles. The van der Waals surface area contributed by atoms with E-state index in [4.69, 9.17) is 31.2 Å². The topological polar surface area (TPSA) is 69.3 Å². The molecule has 0 radical (unpaired) electrons. The summed E-state index contributed by atoms with van der Waals surface area (Å²) >= 11 is 8.14. The van der Waals surface area contributed by atoms with Gasteiger partial charge in [0.1, 0.15) is 12.4 Å². The zero-order chi connectivity index (χ0) is 26.4. The molecule has 1 aliphatic rings. The second-order valence-electron chi connectivity index (χ2n) is 8.36. The second-order valence-corrected chi connectivity index (χ2v) is 9.99. The average molecular weight is 633 g/mol. The van der Waals surface area contributed by atoms with Crippen LogP contribution in [0.1, 0.15) is 34.5 Å². The summed E-state index contributed by atoms with van der Waals surface area (Å²) < 4.78 is 23.6. The molecule has 37 heavy (non-hydrogen) atoms. The van der Waals surface area contributed by atoms with Gasteiger partial charge in [-0.1, -0.05) is 0 Å². The molecule has 1 atom stereocenters. The lowest BCUT2D eigenvalue weighted by molar-refractivity contribution is 0.0526. The number of rotatable bonds is 8. The minimum Gasteiger partial charge on any atom is -0.493 e. The van der Waals surface area contributed by atoms with Gasteiger partial charge in [0.15, 0.2) is 16.6 Å². The lowest BCUT2D eigenvalue weighted by atomic mass is 9.92. The molecule has 4 rings (SSSR count). The van der Waals surface area contributed by atoms with Crippen LogP contribution in [0.5, 0.6) is 17.2 Å². The molecule has 7 nitrogen and oxygen atoms in total. The third kappa shape index (κ3) is 6.45. The van der Waals surface area contributed by atoms with Gasteiger partial charge in [-0.3, -0.25) is 0 Å². The van der Waals surface area contributed by atoms with Gasteiger partial charge < -0.3 is 29.2 Å². The van der Waals surface area contributed by atoms with E-state index < -0.39 is 0 Å². The Morgan fingerprint density at radius 1 is 1.05 bits per heavy atom. The Morgan fingerprint density at radius 2 is 1.73 bits per heavy atom. The Morgan fingerprint density at radius 3 is 2.38 bits per heavy atom. The normalized spacial score (nSPS) is 14.4. The molecule has 0 amide bonds. The summed E-state index contributed by atoms with van der Waals surface area (Å²) in [7, 11) is 3.27. The zero-order valence-corrected chi connectivity index (χ0v) is 23.9. The molecule has 0 fully saturated rings. The Kier molecular flexibility index (Phi) is 9.09. The van der Waals surface area contributed by atoms with E-state index in [2.05, 4.69) is 32.8 Å². The van der Waals surface area contributed by atoms with E-state index in [-0.39, 0.29) is 12.0 Å². The van der Waals surface area contributed by atoms with Crippen LogP contribution in [0.3, 0.4) is 0 Å². The molecule has 0 saturated carbocycles. The van der Waals surface area contributed by atoms with Crippen LogP contribution in [0, 0.1) is 3.57 Å². The van der Waals surface area contributed by atoms with Crippen molar-refractivity contribution in [1.82, 2.24) is 4.90 Å². The van der Waals surface area contributed by atoms with Crippen LogP contribution < -0.4 is 19.5 Å². The van der Waals surface area contributed by atoms with Gasteiger partial charge in [0.05, 0.1) is 32.4 Å². The zero-order valence-electron chi connectivity index (χ0n) is 21.0. The smallest absolute Gasteiger partial charge is 0.338 e. The van der Waals surface area contributed by atoms with Crippen molar-refractivity contribution >= 4 is 51.6 Å². The molecule has 0 bridgehead atoms. The monoisotopic (exact) mass is 632 g/mol. The predicted molar refractivity (Wildman–Crippen MR) is 156 cm³/mol. The summed E-state index contributed by atoms with van der Waals surface area (Å²) in [5.74, 6) is 1.65. The SMILES string of the molecule is CCOC(=O)c1ccc(OC[C@H]2c3cc(OC)c(OC)cc3CCN2C(=S)Nc2ccc(I)cc2)cc1. The van der Waals surface area contributed by atoms with E-state index in [0.717, 1.165) is 26.8 Å². The maximum Gasteiger partial charge on any atom is 0.338 e. The highest BCUT2D eigenvalue weighted by Gasteiger charge is 2.31. The van der Waals surface area contributed by atoms with Crippen LogP contribution in [0.25, 0.3) is 0 Å². The van der Waals surface area contributed by atoms with Gasteiger partial charge in [-0.25, -0.2) is 4.79 Å². The van der Waals surface area contributed by atoms with E-state index >= 15 is 0 Å². The predicted octanol–water partition coefficient (Wildman–Crippen LogP) is 5.86. The summed E-state index contributed by atoms with van der Waals surface area (Å²) in [6.07, 6.45) is 0.801. The highest BCUT2D eigenvalue weighted by Crippen LogP contribution is 2.38. The quantitative estimate of drug-likeness (QED) is 0.188. The largest absolute Gasteiger partial charge is 0.493 e. The summed E-state index contributed by atoms with van der Waals surface area (Å²) in [6, 6.07) is 18.9. The van der Waals surface area contributed by atoms with Crippen molar-refractivity contribution < 1.29 is 23.7 Å². The maximum absolute atomic E-state index is 12.0. The summed E-state index contributed by atoms with van der Waals surface area (Å²) in [5.41, 5.74) is 3.65. The minimum absolute atomic E-state index is 0.169. The second kappa shape index (κ2) is 12.5. The molecule has 0 aliphatic carbocycles.